The minimum Gasteiger partial charge on any atom is -0.364 e. The van der Waals surface area contributed by atoms with Crippen molar-refractivity contribution in [3.8, 4) is 0 Å². The van der Waals surface area contributed by atoms with Crippen LogP contribution in [0.3, 0.4) is 0 Å². The van der Waals surface area contributed by atoms with Gasteiger partial charge in [-0.2, -0.15) is 0 Å². The average molecular weight is 247 g/mol. The summed E-state index contributed by atoms with van der Waals surface area (Å²) in [5.41, 5.74) is 1.70. The molecule has 0 aliphatic carbocycles. The smallest absolute Gasteiger partial charge is 0.311 e. The van der Waals surface area contributed by atoms with Gasteiger partial charge in [0.05, 0.1) is 11.3 Å². The van der Waals surface area contributed by atoms with Crippen LogP contribution < -0.4 is 5.32 Å². The van der Waals surface area contributed by atoms with Crippen molar-refractivity contribution in [1.29, 1.82) is 0 Å². The summed E-state index contributed by atoms with van der Waals surface area (Å²) in [6, 6.07) is 3.08. The highest BCUT2D eigenvalue weighted by atomic mass is 16.6. The van der Waals surface area contributed by atoms with E-state index in [1.54, 1.807) is 25.5 Å². The van der Waals surface area contributed by atoms with Crippen molar-refractivity contribution in [2.45, 2.75) is 13.3 Å². The molecule has 18 heavy (non-hydrogen) atoms. The second-order valence-corrected chi connectivity index (χ2v) is 3.83. The second kappa shape index (κ2) is 5.26. The fourth-order valence-electron chi connectivity index (χ4n) is 1.56. The van der Waals surface area contributed by atoms with Crippen LogP contribution in [0.1, 0.15) is 11.4 Å². The first-order chi connectivity index (χ1) is 8.66. The van der Waals surface area contributed by atoms with Crippen LogP contribution in [0.25, 0.3) is 0 Å². The Bertz CT molecular complexity index is 538. The Morgan fingerprint density at radius 2 is 2.33 bits per heavy atom. The number of rotatable bonds is 5. The van der Waals surface area contributed by atoms with E-state index < -0.39 is 4.92 Å². The van der Waals surface area contributed by atoms with E-state index in [1.165, 1.54) is 6.07 Å². The van der Waals surface area contributed by atoms with Gasteiger partial charge in [-0.05, 0) is 13.0 Å². The molecule has 0 saturated heterocycles. The number of H-pyrrole nitrogens is 1. The van der Waals surface area contributed by atoms with Gasteiger partial charge < -0.3 is 10.3 Å². The van der Waals surface area contributed by atoms with E-state index >= 15 is 0 Å². The summed E-state index contributed by atoms with van der Waals surface area (Å²) >= 11 is 0. The van der Waals surface area contributed by atoms with Gasteiger partial charge in [-0.15, -0.1) is 0 Å². The van der Waals surface area contributed by atoms with E-state index in [1.807, 2.05) is 0 Å². The molecule has 2 aromatic rings. The molecule has 94 valence electrons. The van der Waals surface area contributed by atoms with E-state index in [0.29, 0.717) is 18.8 Å². The zero-order valence-corrected chi connectivity index (χ0v) is 9.88. The number of nitrogens with zero attached hydrogens (tertiary/aromatic N) is 3. The number of hydrogen-bond acceptors (Lipinski definition) is 5. The van der Waals surface area contributed by atoms with Crippen molar-refractivity contribution in [1.82, 2.24) is 15.0 Å². The third kappa shape index (κ3) is 2.82. The van der Waals surface area contributed by atoms with Crippen LogP contribution in [-0.4, -0.2) is 26.4 Å². The number of hydrogen-bond donors (Lipinski definition) is 2. The lowest BCUT2D eigenvalue weighted by Crippen LogP contribution is -2.09. The van der Waals surface area contributed by atoms with E-state index in [-0.39, 0.29) is 5.69 Å². The summed E-state index contributed by atoms with van der Waals surface area (Å²) in [5, 5.41) is 13.8. The quantitative estimate of drug-likeness (QED) is 0.618. The summed E-state index contributed by atoms with van der Waals surface area (Å²) < 4.78 is 0. The Kier molecular flexibility index (Phi) is 3.52. The van der Waals surface area contributed by atoms with Crippen molar-refractivity contribution in [2.24, 2.45) is 0 Å². The summed E-state index contributed by atoms with van der Waals surface area (Å²) in [6.45, 7) is 2.35. The third-order valence-electron chi connectivity index (χ3n) is 2.45. The van der Waals surface area contributed by atoms with Gasteiger partial charge in [0.2, 0.25) is 5.82 Å². The number of nitro groups is 1. The molecule has 7 heteroatoms. The van der Waals surface area contributed by atoms with E-state index in [9.17, 15) is 10.1 Å². The standard InChI is InChI=1S/C11H13N5O2/c1-8-2-3-10(16(17)18)11(15-8)13-5-4-9-6-12-7-14-9/h2-3,6-7H,4-5H2,1H3,(H,12,14)(H,13,15). The number of anilines is 1. The molecule has 0 bridgehead atoms. The highest BCUT2D eigenvalue weighted by Gasteiger charge is 2.14. The van der Waals surface area contributed by atoms with Crippen LogP contribution in [-0.2, 0) is 6.42 Å². The van der Waals surface area contributed by atoms with E-state index in [4.69, 9.17) is 0 Å². The lowest BCUT2D eigenvalue weighted by Gasteiger charge is -2.06. The number of pyridine rings is 1. The van der Waals surface area contributed by atoms with Gasteiger partial charge in [0, 0.05) is 36.6 Å². The molecule has 2 N–H and O–H groups in total. The fourth-order valence-corrected chi connectivity index (χ4v) is 1.56. The van der Waals surface area contributed by atoms with Crippen LogP contribution in [0.4, 0.5) is 11.5 Å². The molecule has 0 amide bonds. The Hall–Kier alpha value is -2.44. The van der Waals surface area contributed by atoms with Crippen LogP contribution in [0.2, 0.25) is 0 Å². The maximum Gasteiger partial charge on any atom is 0.311 e. The van der Waals surface area contributed by atoms with Crippen molar-refractivity contribution >= 4 is 11.5 Å². The highest BCUT2D eigenvalue weighted by Crippen LogP contribution is 2.21. The maximum atomic E-state index is 10.8. The molecule has 0 aliphatic rings. The van der Waals surface area contributed by atoms with Gasteiger partial charge in [-0.1, -0.05) is 0 Å². The molecule has 0 saturated carbocycles. The minimum atomic E-state index is -0.440. The Balaban J connectivity index is 2.03. The largest absolute Gasteiger partial charge is 0.364 e. The van der Waals surface area contributed by atoms with Gasteiger partial charge in [0.25, 0.3) is 0 Å². The number of nitrogens with one attached hydrogen (secondary N) is 2. The molecule has 0 aromatic carbocycles. The molecule has 0 fully saturated rings. The van der Waals surface area contributed by atoms with Gasteiger partial charge in [0.1, 0.15) is 0 Å². The Labute approximate surface area is 103 Å². The first-order valence-electron chi connectivity index (χ1n) is 5.50. The SMILES string of the molecule is Cc1ccc([N+](=O)[O-])c(NCCc2cnc[nH]2)n1. The maximum absolute atomic E-state index is 10.8. The van der Waals surface area contributed by atoms with Gasteiger partial charge in [-0.3, -0.25) is 10.1 Å². The lowest BCUT2D eigenvalue weighted by atomic mass is 10.3. The average Bonchev–Trinajstić information content (AvgIpc) is 2.82. The molecule has 0 unspecified atom stereocenters. The molecule has 2 heterocycles. The zero-order valence-electron chi connectivity index (χ0n) is 9.88. The summed E-state index contributed by atoms with van der Waals surface area (Å²) in [7, 11) is 0. The van der Waals surface area contributed by atoms with Crippen molar-refractivity contribution < 1.29 is 4.92 Å². The first-order valence-corrected chi connectivity index (χ1v) is 5.50. The Morgan fingerprint density at radius 3 is 3.00 bits per heavy atom. The van der Waals surface area contributed by atoms with Crippen LogP contribution in [0, 0.1) is 17.0 Å². The first kappa shape index (κ1) is 12.0. The van der Waals surface area contributed by atoms with Crippen LogP contribution in [0.5, 0.6) is 0 Å². The van der Waals surface area contributed by atoms with Crippen LogP contribution >= 0.6 is 0 Å². The molecule has 7 nitrogen and oxygen atoms in total. The Morgan fingerprint density at radius 1 is 1.50 bits per heavy atom. The van der Waals surface area contributed by atoms with E-state index in [2.05, 4.69) is 20.3 Å². The van der Waals surface area contributed by atoms with Crippen LogP contribution in [0.15, 0.2) is 24.7 Å². The number of imidazole rings is 1. The normalized spacial score (nSPS) is 10.3. The molecular weight excluding hydrogens is 234 g/mol. The number of aryl methyl sites for hydroxylation is 1. The van der Waals surface area contributed by atoms with Gasteiger partial charge in [0.15, 0.2) is 0 Å². The summed E-state index contributed by atoms with van der Waals surface area (Å²) in [6.07, 6.45) is 4.02. The molecule has 2 aromatic heterocycles. The van der Waals surface area contributed by atoms with Crippen molar-refractivity contribution in [3.63, 3.8) is 0 Å². The molecular formula is C11H13N5O2. The van der Waals surface area contributed by atoms with Gasteiger partial charge >= 0.3 is 5.69 Å². The number of aromatic nitrogens is 3. The molecule has 0 atom stereocenters. The van der Waals surface area contributed by atoms with Crippen molar-refractivity contribution in [3.05, 3.63) is 46.2 Å². The highest BCUT2D eigenvalue weighted by molar-refractivity contribution is 5.56. The topological polar surface area (TPSA) is 96.7 Å². The lowest BCUT2D eigenvalue weighted by molar-refractivity contribution is -0.384. The summed E-state index contributed by atoms with van der Waals surface area (Å²) in [4.78, 5) is 21.4. The van der Waals surface area contributed by atoms with Gasteiger partial charge in [-0.25, -0.2) is 9.97 Å². The minimum absolute atomic E-state index is 0.00906. The fraction of sp³-hybridized carbons (Fsp3) is 0.273. The number of aromatic amines is 1. The zero-order chi connectivity index (χ0) is 13.0. The second-order valence-electron chi connectivity index (χ2n) is 3.83. The molecule has 2 rings (SSSR count). The summed E-state index contributed by atoms with van der Waals surface area (Å²) in [5.74, 6) is 0.305. The predicted molar refractivity (Wildman–Crippen MR) is 66.4 cm³/mol. The predicted octanol–water partition coefficient (Wildman–Crippen LogP) is 1.68. The molecule has 0 radical (unpaired) electrons. The van der Waals surface area contributed by atoms with E-state index in [0.717, 1.165) is 11.4 Å². The molecule has 0 aliphatic heterocycles. The third-order valence-corrected chi connectivity index (χ3v) is 2.45. The monoisotopic (exact) mass is 247 g/mol. The van der Waals surface area contributed by atoms with Crippen molar-refractivity contribution in [2.75, 3.05) is 11.9 Å². The molecule has 0 spiro atoms.